The quantitative estimate of drug-likeness (QED) is 0.368. The summed E-state index contributed by atoms with van der Waals surface area (Å²) in [5, 5.41) is 17.4. The zero-order chi connectivity index (χ0) is 20.7. The smallest absolute Gasteiger partial charge is 0.269 e. The van der Waals surface area contributed by atoms with E-state index in [1.54, 1.807) is 12.1 Å². The highest BCUT2D eigenvalue weighted by molar-refractivity contribution is 6.16. The van der Waals surface area contributed by atoms with Crippen molar-refractivity contribution in [3.63, 3.8) is 0 Å². The van der Waals surface area contributed by atoms with Gasteiger partial charge in [-0.25, -0.2) is 0 Å². The number of rotatable bonds is 3. The molecule has 0 fully saturated rings. The van der Waals surface area contributed by atoms with E-state index in [9.17, 15) is 14.9 Å². The first-order valence-corrected chi connectivity index (χ1v) is 9.55. The summed E-state index contributed by atoms with van der Waals surface area (Å²) in [4.78, 5) is 23.7. The molecule has 1 amide bonds. The lowest BCUT2D eigenvalue weighted by atomic mass is 10.0. The number of nitrogens with zero attached hydrogens (tertiary/aromatic N) is 1. The van der Waals surface area contributed by atoms with E-state index in [1.165, 1.54) is 12.1 Å². The minimum atomic E-state index is -0.487. The number of anilines is 1. The lowest BCUT2D eigenvalue weighted by molar-refractivity contribution is -0.384. The van der Waals surface area contributed by atoms with Crippen molar-refractivity contribution in [1.82, 2.24) is 5.32 Å². The summed E-state index contributed by atoms with van der Waals surface area (Å²) in [6, 6.07) is 26.0. The van der Waals surface area contributed by atoms with Gasteiger partial charge in [-0.15, -0.1) is 0 Å². The molecule has 2 N–H and O–H groups in total. The van der Waals surface area contributed by atoms with Gasteiger partial charge >= 0.3 is 0 Å². The summed E-state index contributed by atoms with van der Waals surface area (Å²) >= 11 is 0. The van der Waals surface area contributed by atoms with Crippen LogP contribution in [-0.2, 0) is 0 Å². The van der Waals surface area contributed by atoms with Crippen LogP contribution in [0.1, 0.15) is 22.1 Å². The Hall–Kier alpha value is -4.19. The normalized spacial score (nSPS) is 15.2. The molecule has 2 aliphatic carbocycles. The summed E-state index contributed by atoms with van der Waals surface area (Å²) in [6.07, 6.45) is -0.487. The number of nitro groups is 1. The predicted molar refractivity (Wildman–Crippen MR) is 115 cm³/mol. The van der Waals surface area contributed by atoms with Gasteiger partial charge in [0.25, 0.3) is 11.6 Å². The minimum Gasteiger partial charge on any atom is -0.360 e. The zero-order valence-corrected chi connectivity index (χ0v) is 15.8. The number of benzene rings is 2. The van der Waals surface area contributed by atoms with Crippen LogP contribution in [-0.4, -0.2) is 10.8 Å². The number of amides is 1. The number of hydrogen-bond donors (Lipinski definition) is 2. The molecule has 1 aliphatic heterocycles. The third-order valence-corrected chi connectivity index (χ3v) is 5.37. The van der Waals surface area contributed by atoms with Crippen LogP contribution in [0, 0.1) is 10.1 Å². The fraction of sp³-hybridized carbons (Fsp3) is 0.0417. The molecular formula is C24H17N3O3. The van der Waals surface area contributed by atoms with E-state index < -0.39 is 11.1 Å². The van der Waals surface area contributed by atoms with Crippen LogP contribution in [0.15, 0.2) is 84.9 Å². The lowest BCUT2D eigenvalue weighted by Crippen LogP contribution is -2.38. The van der Waals surface area contributed by atoms with Crippen molar-refractivity contribution in [3.05, 3.63) is 106 Å². The van der Waals surface area contributed by atoms with E-state index in [0.717, 1.165) is 33.5 Å². The van der Waals surface area contributed by atoms with Crippen LogP contribution in [0.4, 0.5) is 11.4 Å². The first-order chi connectivity index (χ1) is 14.6. The van der Waals surface area contributed by atoms with Gasteiger partial charge in [-0.05, 0) is 34.4 Å². The molecule has 0 saturated heterocycles. The molecule has 1 atom stereocenters. The molecule has 1 unspecified atom stereocenters. The number of hydrogen-bond acceptors (Lipinski definition) is 4. The Labute approximate surface area is 172 Å². The molecule has 0 saturated carbocycles. The Morgan fingerprint density at radius 1 is 0.733 bits per heavy atom. The third-order valence-electron chi connectivity index (χ3n) is 5.37. The van der Waals surface area contributed by atoms with Gasteiger partial charge in [0.15, 0.2) is 0 Å². The van der Waals surface area contributed by atoms with Gasteiger partial charge in [0.2, 0.25) is 0 Å². The van der Waals surface area contributed by atoms with Crippen molar-refractivity contribution in [2.24, 2.45) is 0 Å². The fourth-order valence-corrected chi connectivity index (χ4v) is 4.00. The van der Waals surface area contributed by atoms with Crippen LogP contribution < -0.4 is 10.6 Å². The van der Waals surface area contributed by atoms with Gasteiger partial charge in [-0.2, -0.15) is 0 Å². The van der Waals surface area contributed by atoms with E-state index in [2.05, 4.69) is 10.6 Å². The Morgan fingerprint density at radius 3 is 1.97 bits per heavy atom. The van der Waals surface area contributed by atoms with Crippen molar-refractivity contribution >= 4 is 17.3 Å². The van der Waals surface area contributed by atoms with Crippen LogP contribution in [0.3, 0.4) is 0 Å². The summed E-state index contributed by atoms with van der Waals surface area (Å²) < 4.78 is 0. The zero-order valence-electron chi connectivity index (χ0n) is 15.8. The summed E-state index contributed by atoms with van der Waals surface area (Å²) in [7, 11) is 0. The van der Waals surface area contributed by atoms with Crippen LogP contribution in [0.25, 0.3) is 22.3 Å². The van der Waals surface area contributed by atoms with Crippen molar-refractivity contribution in [2.75, 3.05) is 5.32 Å². The lowest BCUT2D eigenvalue weighted by Gasteiger charge is -2.27. The van der Waals surface area contributed by atoms with E-state index >= 15 is 0 Å². The third kappa shape index (κ3) is 2.86. The molecule has 146 valence electrons. The van der Waals surface area contributed by atoms with Crippen LogP contribution in [0.2, 0.25) is 0 Å². The molecule has 1 heterocycles. The average Bonchev–Trinajstić information content (AvgIpc) is 2.90. The Morgan fingerprint density at radius 2 is 1.33 bits per heavy atom. The highest BCUT2D eigenvalue weighted by atomic mass is 16.6. The van der Waals surface area contributed by atoms with E-state index in [-0.39, 0.29) is 11.6 Å². The molecule has 0 aromatic heterocycles. The van der Waals surface area contributed by atoms with Gasteiger partial charge in [0.05, 0.1) is 16.2 Å². The topological polar surface area (TPSA) is 84.3 Å². The maximum atomic E-state index is 13.1. The van der Waals surface area contributed by atoms with Crippen molar-refractivity contribution < 1.29 is 9.72 Å². The van der Waals surface area contributed by atoms with Gasteiger partial charge < -0.3 is 10.6 Å². The predicted octanol–water partition coefficient (Wildman–Crippen LogP) is 5.22. The van der Waals surface area contributed by atoms with E-state index in [1.807, 2.05) is 60.7 Å². The van der Waals surface area contributed by atoms with Gasteiger partial charge in [0, 0.05) is 17.7 Å². The number of non-ortho nitro benzene ring substituents is 1. The average molecular weight is 395 g/mol. The van der Waals surface area contributed by atoms with Crippen LogP contribution >= 0.6 is 0 Å². The Balaban J connectivity index is 1.67. The molecule has 2 aromatic rings. The second-order valence-electron chi connectivity index (χ2n) is 7.13. The molecule has 5 rings (SSSR count). The van der Waals surface area contributed by atoms with E-state index in [0.29, 0.717) is 5.56 Å². The summed E-state index contributed by atoms with van der Waals surface area (Å²) in [6.45, 7) is 0. The van der Waals surface area contributed by atoms with E-state index in [4.69, 9.17) is 0 Å². The molecule has 2 aromatic carbocycles. The van der Waals surface area contributed by atoms with Crippen molar-refractivity contribution in [3.8, 4) is 22.3 Å². The number of nitrogens with one attached hydrogen (secondary N) is 2. The second kappa shape index (κ2) is 7.00. The molecule has 0 bridgehead atoms. The highest BCUT2D eigenvalue weighted by Gasteiger charge is 2.34. The Kier molecular flexibility index (Phi) is 4.17. The molecular weight excluding hydrogens is 378 g/mol. The SMILES string of the molecule is O=C1NC(c2ccc([N+](=O)[O-])cc2)Nc2c1c1cccccc-1c2-c1ccccc1. The first kappa shape index (κ1) is 17.9. The number of nitro benzene ring substituents is 1. The van der Waals surface area contributed by atoms with Gasteiger partial charge in [-0.3, -0.25) is 14.9 Å². The van der Waals surface area contributed by atoms with Gasteiger partial charge in [0.1, 0.15) is 6.17 Å². The molecule has 0 radical (unpaired) electrons. The molecule has 0 spiro atoms. The summed E-state index contributed by atoms with van der Waals surface area (Å²) in [5.74, 6) is -0.175. The van der Waals surface area contributed by atoms with Crippen LogP contribution in [0.5, 0.6) is 0 Å². The minimum absolute atomic E-state index is 0.0121. The fourth-order valence-electron chi connectivity index (χ4n) is 4.00. The molecule has 3 aliphatic rings. The number of carbonyl (C=O) groups is 1. The molecule has 6 nitrogen and oxygen atoms in total. The van der Waals surface area contributed by atoms with Gasteiger partial charge in [-0.1, -0.05) is 60.7 Å². The maximum absolute atomic E-state index is 13.1. The highest BCUT2D eigenvalue weighted by Crippen LogP contribution is 2.48. The van der Waals surface area contributed by atoms with Crippen molar-refractivity contribution in [2.45, 2.75) is 6.17 Å². The molecule has 6 heteroatoms. The summed E-state index contributed by atoms with van der Waals surface area (Å²) in [5.41, 5.74) is 5.99. The first-order valence-electron chi connectivity index (χ1n) is 9.55. The standard InChI is InChI=1S/C24H17N3O3/c28-24-21-19-10-6-2-5-9-18(19)20(15-7-3-1-4-8-15)22(21)25-23(26-24)16-11-13-17(14-12-16)27(29)30/h1-14,23,25H,(H,26,28). The van der Waals surface area contributed by atoms with Crippen molar-refractivity contribution in [1.29, 1.82) is 0 Å². The monoisotopic (exact) mass is 395 g/mol. The maximum Gasteiger partial charge on any atom is 0.269 e. The molecule has 30 heavy (non-hydrogen) atoms. The largest absolute Gasteiger partial charge is 0.360 e. The second-order valence-corrected chi connectivity index (χ2v) is 7.13. The number of carbonyl (C=O) groups excluding carboxylic acids is 1. The number of fused-ring (bicyclic) bond motifs is 3. The Bertz CT molecular complexity index is 1240.